The molecule has 0 aromatic carbocycles. The second kappa shape index (κ2) is 13.6. The minimum atomic E-state index is -1.68. The van der Waals surface area contributed by atoms with Crippen molar-refractivity contribution in [2.24, 2.45) is 45.8 Å². The first-order chi connectivity index (χ1) is 24.0. The number of hydrogen-bond donors (Lipinski definition) is 4. The molecular weight excluding hydrogens is 668 g/mol. The molecule has 2 saturated carbocycles. The number of aliphatic hydroxyl groups excluding tert-OH is 4. The number of fused-ring (bicyclic) bond motifs is 2. The fraction of sp³-hybridized carbons (Fsp3) is 0.784. The molecule has 14 nitrogen and oxygen atoms in total. The van der Waals surface area contributed by atoms with Gasteiger partial charge in [-0.2, -0.15) is 0 Å². The summed E-state index contributed by atoms with van der Waals surface area (Å²) in [5.41, 5.74) is -2.98. The lowest BCUT2D eigenvalue weighted by Gasteiger charge is -2.70. The topological polar surface area (TPSA) is 205 Å². The Morgan fingerprint density at radius 1 is 1.06 bits per heavy atom. The van der Waals surface area contributed by atoms with Crippen molar-refractivity contribution in [2.75, 3.05) is 20.3 Å². The number of methoxy groups -OCH3 is 1. The maximum Gasteiger partial charge on any atom is 0.333 e. The summed E-state index contributed by atoms with van der Waals surface area (Å²) in [7, 11) is 1.45. The highest BCUT2D eigenvalue weighted by Gasteiger charge is 2.75. The fourth-order valence-corrected chi connectivity index (χ4v) is 10.8. The Hall–Kier alpha value is -2.72. The molecule has 0 aromatic rings. The molecule has 4 N–H and O–H groups in total. The quantitative estimate of drug-likeness (QED) is 0.207. The van der Waals surface area contributed by atoms with E-state index in [9.17, 15) is 39.6 Å². The third kappa shape index (κ3) is 5.80. The zero-order valence-corrected chi connectivity index (χ0v) is 30.3. The first-order valence-electron chi connectivity index (χ1n) is 17.9. The molecule has 5 fully saturated rings. The maximum absolute atomic E-state index is 14.8. The van der Waals surface area contributed by atoms with Crippen LogP contribution in [0.1, 0.15) is 67.2 Å². The van der Waals surface area contributed by atoms with E-state index in [0.29, 0.717) is 12.0 Å². The van der Waals surface area contributed by atoms with Crippen LogP contribution >= 0.6 is 0 Å². The smallest absolute Gasteiger partial charge is 0.333 e. The molecule has 0 radical (unpaired) electrons. The standard InChI is InChI=1S/C37H52O14/c1-8-16(2)33(45)48-21-13-35(4,31(43)18-10-25(39)47-15-18)23-12-26(51-34-29(42)28(41)27(40)22(14-38)49-34)50-24-11-19-17(3)9-20(46-7)32(44)36(19,5)30(21)37(23,24)6/h8-9,17-19,21-24,26-30,34,38,40-42H,10-15H2,1-7H3. The Morgan fingerprint density at radius 2 is 1.76 bits per heavy atom. The van der Waals surface area contributed by atoms with Crippen molar-refractivity contribution >= 4 is 23.5 Å². The number of Topliss-reactive ketones (excluding diaryl/α,β-unsaturated/α-hetero) is 2. The summed E-state index contributed by atoms with van der Waals surface area (Å²) in [4.78, 5) is 55.2. The van der Waals surface area contributed by atoms with Crippen molar-refractivity contribution in [3.8, 4) is 0 Å². The van der Waals surface area contributed by atoms with Crippen molar-refractivity contribution in [1.29, 1.82) is 0 Å². The summed E-state index contributed by atoms with van der Waals surface area (Å²) in [6.07, 6.45) is -6.53. The molecule has 0 amide bonds. The number of aliphatic hydroxyl groups is 4. The lowest BCUT2D eigenvalue weighted by atomic mass is 9.36. The van der Waals surface area contributed by atoms with Crippen LogP contribution in [0.5, 0.6) is 0 Å². The van der Waals surface area contributed by atoms with Gasteiger partial charge in [0.05, 0.1) is 32.2 Å². The molecule has 16 unspecified atom stereocenters. The number of allylic oxidation sites excluding steroid dienone is 3. The van der Waals surface area contributed by atoms with Gasteiger partial charge in [-0.1, -0.05) is 33.8 Å². The second-order valence-corrected chi connectivity index (χ2v) is 16.1. The van der Waals surface area contributed by atoms with E-state index >= 15 is 0 Å². The molecule has 3 saturated heterocycles. The molecule has 16 atom stereocenters. The molecule has 3 heterocycles. The van der Waals surface area contributed by atoms with Crippen LogP contribution in [0.15, 0.2) is 23.5 Å². The first-order valence-corrected chi connectivity index (χ1v) is 17.9. The van der Waals surface area contributed by atoms with Crippen LogP contribution in [0, 0.1) is 45.8 Å². The minimum Gasteiger partial charge on any atom is -0.493 e. The van der Waals surface area contributed by atoms with Crippen LogP contribution < -0.4 is 0 Å². The molecule has 3 aliphatic heterocycles. The van der Waals surface area contributed by atoms with E-state index in [2.05, 4.69) is 0 Å². The highest BCUT2D eigenvalue weighted by molar-refractivity contribution is 6.00. The number of carbonyl (C=O) groups is 4. The van der Waals surface area contributed by atoms with E-state index in [1.54, 1.807) is 32.9 Å². The van der Waals surface area contributed by atoms with Crippen LogP contribution in [-0.2, 0) is 47.6 Å². The molecule has 14 heteroatoms. The SMILES string of the molecule is CC=C(C)C(=O)OC1CC(C)(C(=O)C2COC(=O)C2)C2CC(OC3OC(CO)C(O)C(O)C3O)OC3CC4C(C)C=C(OC)C(=O)C4(C)C1C32C. The van der Waals surface area contributed by atoms with Crippen LogP contribution in [-0.4, -0.2) is 113 Å². The summed E-state index contributed by atoms with van der Waals surface area (Å²) in [6, 6.07) is 0. The third-order valence-electron chi connectivity index (χ3n) is 13.4. The zero-order valence-electron chi connectivity index (χ0n) is 30.3. The normalized spacial score (nSPS) is 48.2. The highest BCUT2D eigenvalue weighted by Crippen LogP contribution is 2.71. The average molecular weight is 721 g/mol. The van der Waals surface area contributed by atoms with Crippen LogP contribution in [0.2, 0.25) is 0 Å². The van der Waals surface area contributed by atoms with Gasteiger partial charge >= 0.3 is 11.9 Å². The minimum absolute atomic E-state index is 0.0413. The van der Waals surface area contributed by atoms with Gasteiger partial charge in [0.1, 0.15) is 42.9 Å². The number of ketones is 2. The van der Waals surface area contributed by atoms with Crippen LogP contribution in [0.25, 0.3) is 0 Å². The number of hydrogen-bond acceptors (Lipinski definition) is 14. The number of carbonyl (C=O) groups excluding carboxylic acids is 4. The molecule has 3 aliphatic carbocycles. The summed E-state index contributed by atoms with van der Waals surface area (Å²) in [5.74, 6) is -3.72. The van der Waals surface area contributed by atoms with E-state index in [1.807, 2.05) is 20.8 Å². The van der Waals surface area contributed by atoms with E-state index < -0.39 is 102 Å². The largest absolute Gasteiger partial charge is 0.493 e. The van der Waals surface area contributed by atoms with Gasteiger partial charge in [0.2, 0.25) is 5.78 Å². The summed E-state index contributed by atoms with van der Waals surface area (Å²) in [6.45, 7) is 10.3. The van der Waals surface area contributed by atoms with Crippen molar-refractivity contribution in [3.63, 3.8) is 0 Å². The van der Waals surface area contributed by atoms with E-state index in [1.165, 1.54) is 7.11 Å². The molecule has 284 valence electrons. The highest BCUT2D eigenvalue weighted by atomic mass is 16.8. The third-order valence-corrected chi connectivity index (χ3v) is 13.4. The summed E-state index contributed by atoms with van der Waals surface area (Å²) < 4.78 is 35.9. The molecule has 0 bridgehead atoms. The van der Waals surface area contributed by atoms with Crippen molar-refractivity contribution in [2.45, 2.75) is 116 Å². The number of cyclic esters (lactones) is 1. The van der Waals surface area contributed by atoms with Gasteiger partial charge in [-0.3, -0.25) is 14.4 Å². The lowest BCUT2D eigenvalue weighted by Crippen LogP contribution is -2.74. The Morgan fingerprint density at radius 3 is 2.37 bits per heavy atom. The van der Waals surface area contributed by atoms with Gasteiger partial charge < -0.3 is 48.8 Å². The predicted octanol–water partition coefficient (Wildman–Crippen LogP) is 1.35. The van der Waals surface area contributed by atoms with Gasteiger partial charge in [0.25, 0.3) is 0 Å². The first kappa shape index (κ1) is 38.0. The number of ether oxygens (including phenoxy) is 6. The Balaban J connectivity index is 1.48. The van der Waals surface area contributed by atoms with Gasteiger partial charge in [0.15, 0.2) is 18.3 Å². The maximum atomic E-state index is 14.8. The zero-order chi connectivity index (χ0) is 37.4. The molecule has 6 rings (SSSR count). The van der Waals surface area contributed by atoms with Gasteiger partial charge in [0, 0.05) is 34.2 Å². The summed E-state index contributed by atoms with van der Waals surface area (Å²) in [5, 5.41) is 41.5. The van der Waals surface area contributed by atoms with Gasteiger partial charge in [-0.05, 0) is 50.5 Å². The van der Waals surface area contributed by atoms with Crippen molar-refractivity contribution < 1.29 is 68.0 Å². The van der Waals surface area contributed by atoms with E-state index in [-0.39, 0.29) is 55.0 Å². The monoisotopic (exact) mass is 720 g/mol. The van der Waals surface area contributed by atoms with Crippen LogP contribution in [0.3, 0.4) is 0 Å². The molecule has 0 aromatic heterocycles. The van der Waals surface area contributed by atoms with Crippen LogP contribution in [0.4, 0.5) is 0 Å². The molecule has 0 spiro atoms. The lowest BCUT2D eigenvalue weighted by molar-refractivity contribution is -0.379. The van der Waals surface area contributed by atoms with Gasteiger partial charge in [-0.25, -0.2) is 4.79 Å². The Labute approximate surface area is 297 Å². The van der Waals surface area contributed by atoms with E-state index in [0.717, 1.165) is 0 Å². The summed E-state index contributed by atoms with van der Waals surface area (Å²) >= 11 is 0. The second-order valence-electron chi connectivity index (χ2n) is 16.1. The number of rotatable bonds is 8. The Kier molecular flexibility index (Phi) is 10.1. The Bertz CT molecular complexity index is 1490. The number of esters is 2. The fourth-order valence-electron chi connectivity index (χ4n) is 10.8. The average Bonchev–Trinajstić information content (AvgIpc) is 3.53. The van der Waals surface area contributed by atoms with Crippen molar-refractivity contribution in [3.05, 3.63) is 23.5 Å². The van der Waals surface area contributed by atoms with E-state index in [4.69, 9.17) is 28.4 Å². The molecule has 6 aliphatic rings. The predicted molar refractivity (Wildman–Crippen MR) is 175 cm³/mol. The molecule has 51 heavy (non-hydrogen) atoms. The molecular formula is C37H52O14. The van der Waals surface area contributed by atoms with Gasteiger partial charge in [-0.15, -0.1) is 0 Å². The van der Waals surface area contributed by atoms with Crippen molar-refractivity contribution in [1.82, 2.24) is 0 Å².